The predicted octanol–water partition coefficient (Wildman–Crippen LogP) is 3.79. The number of fused-ring (bicyclic) bond motifs is 2. The average molecular weight is 341 g/mol. The number of thioether (sulfide) groups is 2. The molecule has 0 atom stereocenters. The highest BCUT2D eigenvalue weighted by atomic mass is 32.2. The number of nitrogens with one attached hydrogen (secondary N) is 1. The van der Waals surface area contributed by atoms with Crippen molar-refractivity contribution in [2.24, 2.45) is 0 Å². The fourth-order valence-corrected chi connectivity index (χ4v) is 4.39. The van der Waals surface area contributed by atoms with Crippen molar-refractivity contribution in [1.82, 2.24) is 9.97 Å². The zero-order chi connectivity index (χ0) is 15.6. The number of benzene rings is 2. The van der Waals surface area contributed by atoms with Crippen molar-refractivity contribution < 1.29 is 4.79 Å². The Morgan fingerprint density at radius 1 is 1.22 bits per heavy atom. The number of carbonyl (C=O) groups excluding carboxylic acids is 1. The number of aromatic amines is 1. The molecule has 3 aromatic rings. The summed E-state index contributed by atoms with van der Waals surface area (Å²) >= 11 is 3.27. The molecule has 23 heavy (non-hydrogen) atoms. The second-order valence-electron chi connectivity index (χ2n) is 5.21. The van der Waals surface area contributed by atoms with Crippen molar-refractivity contribution in [2.45, 2.75) is 10.1 Å². The van der Waals surface area contributed by atoms with E-state index >= 15 is 0 Å². The fraction of sp³-hybridized carbons (Fsp3) is 0.176. The molecule has 0 aliphatic carbocycles. The summed E-state index contributed by atoms with van der Waals surface area (Å²) in [4.78, 5) is 23.4. The van der Waals surface area contributed by atoms with Crippen molar-refractivity contribution >= 4 is 46.2 Å². The Balaban J connectivity index is 1.48. The number of rotatable bonds is 3. The molecule has 0 bridgehead atoms. The number of hydrogen-bond donors (Lipinski definition) is 1. The summed E-state index contributed by atoms with van der Waals surface area (Å²) < 4.78 is 0. The van der Waals surface area contributed by atoms with Crippen LogP contribution in [0.2, 0.25) is 0 Å². The Hall–Kier alpha value is -1.92. The van der Waals surface area contributed by atoms with Crippen LogP contribution in [0.4, 0.5) is 5.69 Å². The van der Waals surface area contributed by atoms with E-state index in [-0.39, 0.29) is 5.91 Å². The van der Waals surface area contributed by atoms with Crippen LogP contribution < -0.4 is 4.90 Å². The van der Waals surface area contributed by atoms with Crippen LogP contribution in [0.5, 0.6) is 0 Å². The lowest BCUT2D eigenvalue weighted by atomic mass is 10.3. The maximum absolute atomic E-state index is 12.6. The minimum atomic E-state index is 0.128. The SMILES string of the molecule is O=C(CSc1nc2ccccc2[nH]1)N1CCSc2ccccc21. The lowest BCUT2D eigenvalue weighted by molar-refractivity contribution is -0.116. The van der Waals surface area contributed by atoms with Crippen molar-refractivity contribution in [3.8, 4) is 0 Å². The molecule has 1 aliphatic heterocycles. The summed E-state index contributed by atoms with van der Waals surface area (Å²) in [5.41, 5.74) is 2.96. The topological polar surface area (TPSA) is 49.0 Å². The Kier molecular flexibility index (Phi) is 4.01. The van der Waals surface area contributed by atoms with E-state index < -0.39 is 0 Å². The molecule has 4 rings (SSSR count). The van der Waals surface area contributed by atoms with Crippen LogP contribution in [0.1, 0.15) is 0 Å². The quantitative estimate of drug-likeness (QED) is 0.736. The number of H-pyrrole nitrogens is 1. The maximum atomic E-state index is 12.6. The zero-order valence-electron chi connectivity index (χ0n) is 12.4. The number of amides is 1. The predicted molar refractivity (Wildman–Crippen MR) is 96.3 cm³/mol. The molecular formula is C17H15N3OS2. The summed E-state index contributed by atoms with van der Waals surface area (Å²) in [6, 6.07) is 16.0. The van der Waals surface area contributed by atoms with Crippen LogP contribution in [0, 0.1) is 0 Å². The highest BCUT2D eigenvalue weighted by Gasteiger charge is 2.22. The first-order valence-electron chi connectivity index (χ1n) is 7.41. The third-order valence-electron chi connectivity index (χ3n) is 3.73. The summed E-state index contributed by atoms with van der Waals surface area (Å²) in [7, 11) is 0. The first-order chi connectivity index (χ1) is 11.3. The highest BCUT2D eigenvalue weighted by molar-refractivity contribution is 8.00. The van der Waals surface area contributed by atoms with E-state index in [0.29, 0.717) is 5.75 Å². The van der Waals surface area contributed by atoms with Gasteiger partial charge in [0.05, 0.1) is 22.5 Å². The maximum Gasteiger partial charge on any atom is 0.237 e. The number of imidazole rings is 1. The molecule has 0 radical (unpaired) electrons. The molecule has 0 unspecified atom stereocenters. The van der Waals surface area contributed by atoms with E-state index in [2.05, 4.69) is 16.0 Å². The van der Waals surface area contributed by atoms with E-state index in [1.54, 1.807) is 0 Å². The Morgan fingerprint density at radius 3 is 2.96 bits per heavy atom. The zero-order valence-corrected chi connectivity index (χ0v) is 14.0. The monoisotopic (exact) mass is 341 g/mol. The Morgan fingerprint density at radius 2 is 2.04 bits per heavy atom. The van der Waals surface area contributed by atoms with Gasteiger partial charge in [0.2, 0.25) is 5.91 Å². The molecule has 0 saturated carbocycles. The summed E-state index contributed by atoms with van der Waals surface area (Å²) in [5.74, 6) is 1.46. The van der Waals surface area contributed by atoms with Gasteiger partial charge in [-0.25, -0.2) is 4.98 Å². The van der Waals surface area contributed by atoms with Crippen LogP contribution in [0.25, 0.3) is 11.0 Å². The van der Waals surface area contributed by atoms with Gasteiger partial charge >= 0.3 is 0 Å². The molecule has 2 heterocycles. The van der Waals surface area contributed by atoms with Crippen LogP contribution in [-0.2, 0) is 4.79 Å². The molecule has 116 valence electrons. The van der Waals surface area contributed by atoms with Crippen LogP contribution >= 0.6 is 23.5 Å². The minimum Gasteiger partial charge on any atom is -0.333 e. The number of hydrogen-bond acceptors (Lipinski definition) is 4. The van der Waals surface area contributed by atoms with E-state index in [9.17, 15) is 4.79 Å². The molecule has 0 spiro atoms. The minimum absolute atomic E-state index is 0.128. The molecule has 6 heteroatoms. The molecular weight excluding hydrogens is 326 g/mol. The number of nitrogens with zero attached hydrogens (tertiary/aromatic N) is 2. The molecule has 1 aromatic heterocycles. The average Bonchev–Trinajstić information content (AvgIpc) is 3.02. The van der Waals surface area contributed by atoms with E-state index in [1.807, 2.05) is 59.1 Å². The van der Waals surface area contributed by atoms with Gasteiger partial charge in [0, 0.05) is 17.2 Å². The summed E-state index contributed by atoms with van der Waals surface area (Å²) in [5, 5.41) is 0.791. The third kappa shape index (κ3) is 2.96. The van der Waals surface area contributed by atoms with Gasteiger partial charge in [-0.3, -0.25) is 4.79 Å². The molecule has 1 amide bonds. The standard InChI is InChI=1S/C17H15N3OS2/c21-16(20-9-10-22-15-8-4-3-7-14(15)20)11-23-17-18-12-5-1-2-6-13(12)19-17/h1-8H,9-11H2,(H,18,19). The molecule has 4 nitrogen and oxygen atoms in total. The summed E-state index contributed by atoms with van der Waals surface area (Å²) in [6.07, 6.45) is 0. The number of anilines is 1. The van der Waals surface area contributed by atoms with Crippen molar-refractivity contribution in [3.63, 3.8) is 0 Å². The van der Waals surface area contributed by atoms with Crippen molar-refractivity contribution in [2.75, 3.05) is 23.0 Å². The largest absolute Gasteiger partial charge is 0.333 e. The Labute approximate surface area is 142 Å². The fourth-order valence-electron chi connectivity index (χ4n) is 2.63. The van der Waals surface area contributed by atoms with Gasteiger partial charge in [0.1, 0.15) is 0 Å². The van der Waals surface area contributed by atoms with Crippen molar-refractivity contribution in [1.29, 1.82) is 0 Å². The van der Waals surface area contributed by atoms with Gasteiger partial charge in [0.25, 0.3) is 0 Å². The number of aromatic nitrogens is 2. The van der Waals surface area contributed by atoms with Gasteiger partial charge < -0.3 is 9.88 Å². The van der Waals surface area contributed by atoms with Crippen molar-refractivity contribution in [3.05, 3.63) is 48.5 Å². The molecule has 1 N–H and O–H groups in total. The van der Waals surface area contributed by atoms with Gasteiger partial charge in [0.15, 0.2) is 5.16 Å². The summed E-state index contributed by atoms with van der Waals surface area (Å²) in [6.45, 7) is 0.765. The van der Waals surface area contributed by atoms with E-state index in [4.69, 9.17) is 0 Å². The second-order valence-corrected chi connectivity index (χ2v) is 7.31. The molecule has 0 fully saturated rings. The molecule has 0 saturated heterocycles. The van der Waals surface area contributed by atoms with Gasteiger partial charge in [-0.15, -0.1) is 11.8 Å². The first kappa shape index (κ1) is 14.7. The smallest absolute Gasteiger partial charge is 0.237 e. The third-order valence-corrected chi connectivity index (χ3v) is 5.63. The van der Waals surface area contributed by atoms with E-state index in [1.165, 1.54) is 16.7 Å². The highest BCUT2D eigenvalue weighted by Crippen LogP contribution is 2.34. The van der Waals surface area contributed by atoms with Gasteiger partial charge in [-0.1, -0.05) is 36.0 Å². The van der Waals surface area contributed by atoms with Crippen LogP contribution in [-0.4, -0.2) is 33.9 Å². The first-order valence-corrected chi connectivity index (χ1v) is 9.38. The second kappa shape index (κ2) is 6.29. The molecule has 1 aliphatic rings. The normalized spacial score (nSPS) is 14.0. The van der Waals surface area contributed by atoms with E-state index in [0.717, 1.165) is 34.2 Å². The lowest BCUT2D eigenvalue weighted by Gasteiger charge is -2.28. The number of para-hydroxylation sites is 3. The van der Waals surface area contributed by atoms with Crippen LogP contribution in [0.3, 0.4) is 0 Å². The van der Waals surface area contributed by atoms with Gasteiger partial charge in [-0.05, 0) is 24.3 Å². The Bertz CT molecular complexity index is 829. The number of carbonyl (C=O) groups is 1. The lowest BCUT2D eigenvalue weighted by Crippen LogP contribution is -2.36. The van der Waals surface area contributed by atoms with Gasteiger partial charge in [-0.2, -0.15) is 0 Å². The van der Waals surface area contributed by atoms with Crippen LogP contribution in [0.15, 0.2) is 58.6 Å². The molecule has 2 aromatic carbocycles.